The van der Waals surface area contributed by atoms with Gasteiger partial charge in [-0.3, -0.25) is 0 Å². The standard InChI is InChI=1S/C16H19BrFN3/c1-2-6-20-15(8-11-5-7-21-16(19)9-11)12-3-4-14(18)13(17)10-12/h3-5,7,9-10,15,20H,2,6,8H2,1H3,(H2,19,21). The van der Waals surface area contributed by atoms with E-state index in [0.29, 0.717) is 10.3 Å². The fraction of sp³-hybridized carbons (Fsp3) is 0.312. The second-order valence-corrected chi connectivity index (χ2v) is 5.83. The topological polar surface area (TPSA) is 50.9 Å². The molecule has 1 heterocycles. The van der Waals surface area contributed by atoms with Crippen molar-refractivity contribution in [2.24, 2.45) is 0 Å². The molecule has 2 aromatic rings. The fourth-order valence-corrected chi connectivity index (χ4v) is 2.61. The highest BCUT2D eigenvalue weighted by molar-refractivity contribution is 9.10. The predicted molar refractivity (Wildman–Crippen MR) is 87.5 cm³/mol. The summed E-state index contributed by atoms with van der Waals surface area (Å²) < 4.78 is 13.9. The lowest BCUT2D eigenvalue weighted by Gasteiger charge is -2.20. The van der Waals surface area contributed by atoms with Crippen LogP contribution < -0.4 is 11.1 Å². The normalized spacial score (nSPS) is 12.3. The second-order valence-electron chi connectivity index (χ2n) is 4.97. The van der Waals surface area contributed by atoms with Crippen LogP contribution in [-0.2, 0) is 6.42 Å². The Morgan fingerprint density at radius 3 is 2.81 bits per heavy atom. The number of pyridine rings is 1. The number of aromatic nitrogens is 1. The number of rotatable bonds is 6. The van der Waals surface area contributed by atoms with Crippen molar-refractivity contribution in [3.05, 3.63) is 57.9 Å². The number of hydrogen-bond donors (Lipinski definition) is 2. The van der Waals surface area contributed by atoms with Gasteiger partial charge < -0.3 is 11.1 Å². The van der Waals surface area contributed by atoms with Crippen LogP contribution in [0.25, 0.3) is 0 Å². The minimum Gasteiger partial charge on any atom is -0.384 e. The maximum atomic E-state index is 13.4. The number of anilines is 1. The third kappa shape index (κ3) is 4.51. The number of hydrogen-bond acceptors (Lipinski definition) is 3. The van der Waals surface area contributed by atoms with Crippen LogP contribution in [0.15, 0.2) is 41.0 Å². The van der Waals surface area contributed by atoms with Crippen molar-refractivity contribution in [2.75, 3.05) is 12.3 Å². The molecule has 5 heteroatoms. The minimum atomic E-state index is -0.249. The quantitative estimate of drug-likeness (QED) is 0.830. The molecule has 1 aromatic heterocycles. The number of benzene rings is 1. The first kappa shape index (κ1) is 15.9. The molecule has 3 nitrogen and oxygen atoms in total. The summed E-state index contributed by atoms with van der Waals surface area (Å²) in [6.07, 6.45) is 3.53. The Morgan fingerprint density at radius 1 is 1.33 bits per heavy atom. The van der Waals surface area contributed by atoms with E-state index in [0.717, 1.165) is 30.5 Å². The van der Waals surface area contributed by atoms with Gasteiger partial charge in [-0.25, -0.2) is 9.37 Å². The van der Waals surface area contributed by atoms with E-state index in [-0.39, 0.29) is 11.9 Å². The summed E-state index contributed by atoms with van der Waals surface area (Å²) in [6.45, 7) is 3.02. The van der Waals surface area contributed by atoms with Gasteiger partial charge in [-0.2, -0.15) is 0 Å². The Morgan fingerprint density at radius 2 is 2.14 bits per heavy atom. The van der Waals surface area contributed by atoms with Crippen LogP contribution in [0.3, 0.4) is 0 Å². The van der Waals surface area contributed by atoms with Crippen LogP contribution in [0.1, 0.15) is 30.5 Å². The van der Waals surface area contributed by atoms with Crippen molar-refractivity contribution in [3.63, 3.8) is 0 Å². The summed E-state index contributed by atoms with van der Waals surface area (Å²) in [5.41, 5.74) is 7.88. The zero-order valence-electron chi connectivity index (χ0n) is 11.9. The van der Waals surface area contributed by atoms with Crippen LogP contribution in [0.5, 0.6) is 0 Å². The van der Waals surface area contributed by atoms with Crippen molar-refractivity contribution in [1.29, 1.82) is 0 Å². The molecule has 0 aliphatic heterocycles. The predicted octanol–water partition coefficient (Wildman–Crippen LogP) is 3.85. The van der Waals surface area contributed by atoms with Crippen molar-refractivity contribution < 1.29 is 4.39 Å². The van der Waals surface area contributed by atoms with Gasteiger partial charge in [0.1, 0.15) is 11.6 Å². The second kappa shape index (κ2) is 7.52. The molecule has 1 atom stereocenters. The molecule has 0 amide bonds. The molecule has 1 aromatic carbocycles. The smallest absolute Gasteiger partial charge is 0.137 e. The number of nitrogens with two attached hydrogens (primary N) is 1. The highest BCUT2D eigenvalue weighted by Crippen LogP contribution is 2.24. The summed E-state index contributed by atoms with van der Waals surface area (Å²) >= 11 is 3.25. The first-order chi connectivity index (χ1) is 10.1. The molecule has 0 aliphatic rings. The SMILES string of the molecule is CCCNC(Cc1ccnc(N)c1)c1ccc(F)c(Br)c1. The Balaban J connectivity index is 2.22. The number of nitrogens with one attached hydrogen (secondary N) is 1. The van der Waals surface area contributed by atoms with E-state index in [1.807, 2.05) is 24.3 Å². The van der Waals surface area contributed by atoms with Gasteiger partial charge in [0.25, 0.3) is 0 Å². The third-order valence-corrected chi connectivity index (χ3v) is 3.88. The average Bonchev–Trinajstić information content (AvgIpc) is 2.46. The number of halogens is 2. The molecule has 0 aliphatic carbocycles. The monoisotopic (exact) mass is 351 g/mol. The Hall–Kier alpha value is -1.46. The van der Waals surface area contributed by atoms with Crippen LogP contribution in [0.2, 0.25) is 0 Å². The molecule has 21 heavy (non-hydrogen) atoms. The lowest BCUT2D eigenvalue weighted by atomic mass is 9.99. The molecule has 0 saturated heterocycles. The molecule has 3 N–H and O–H groups in total. The minimum absolute atomic E-state index is 0.114. The maximum absolute atomic E-state index is 13.4. The summed E-state index contributed by atoms with van der Waals surface area (Å²) in [7, 11) is 0. The Bertz CT molecular complexity index is 604. The average molecular weight is 352 g/mol. The van der Waals surface area contributed by atoms with E-state index >= 15 is 0 Å². The van der Waals surface area contributed by atoms with Gasteiger partial charge in [-0.1, -0.05) is 13.0 Å². The maximum Gasteiger partial charge on any atom is 0.137 e. The van der Waals surface area contributed by atoms with E-state index in [2.05, 4.69) is 33.2 Å². The molecule has 112 valence electrons. The lowest BCUT2D eigenvalue weighted by Crippen LogP contribution is -2.24. The summed E-state index contributed by atoms with van der Waals surface area (Å²) in [4.78, 5) is 4.01. The van der Waals surface area contributed by atoms with Crippen molar-refractivity contribution >= 4 is 21.7 Å². The van der Waals surface area contributed by atoms with Crippen LogP contribution in [0.4, 0.5) is 10.2 Å². The summed E-state index contributed by atoms with van der Waals surface area (Å²) in [6, 6.07) is 9.07. The zero-order chi connectivity index (χ0) is 15.2. The largest absolute Gasteiger partial charge is 0.384 e. The molecule has 0 saturated carbocycles. The number of nitrogens with zero attached hydrogens (tertiary/aromatic N) is 1. The van der Waals surface area contributed by atoms with E-state index in [4.69, 9.17) is 5.73 Å². The van der Waals surface area contributed by atoms with Crippen LogP contribution >= 0.6 is 15.9 Å². The van der Waals surface area contributed by atoms with E-state index in [1.54, 1.807) is 6.20 Å². The van der Waals surface area contributed by atoms with Gasteiger partial charge in [0.05, 0.1) is 4.47 Å². The molecule has 2 rings (SSSR count). The first-order valence-corrected chi connectivity index (χ1v) is 7.78. The van der Waals surface area contributed by atoms with Crippen LogP contribution in [-0.4, -0.2) is 11.5 Å². The van der Waals surface area contributed by atoms with Crippen molar-refractivity contribution in [2.45, 2.75) is 25.8 Å². The lowest BCUT2D eigenvalue weighted by molar-refractivity contribution is 0.527. The molecule has 0 bridgehead atoms. The van der Waals surface area contributed by atoms with Gasteiger partial charge in [0.2, 0.25) is 0 Å². The first-order valence-electron chi connectivity index (χ1n) is 6.99. The van der Waals surface area contributed by atoms with E-state index in [1.165, 1.54) is 6.07 Å². The van der Waals surface area contributed by atoms with Crippen molar-refractivity contribution in [1.82, 2.24) is 10.3 Å². The van der Waals surface area contributed by atoms with Gasteiger partial charge in [0.15, 0.2) is 0 Å². The summed E-state index contributed by atoms with van der Waals surface area (Å²) in [5, 5.41) is 3.50. The Labute approximate surface area is 132 Å². The molecule has 0 radical (unpaired) electrons. The van der Waals surface area contributed by atoms with Gasteiger partial charge in [-0.05, 0) is 70.7 Å². The molecular weight excluding hydrogens is 333 g/mol. The highest BCUT2D eigenvalue weighted by Gasteiger charge is 2.13. The molecule has 0 fully saturated rings. The van der Waals surface area contributed by atoms with E-state index < -0.39 is 0 Å². The van der Waals surface area contributed by atoms with E-state index in [9.17, 15) is 4.39 Å². The molecule has 0 spiro atoms. The third-order valence-electron chi connectivity index (χ3n) is 3.27. The number of nitrogen functional groups attached to an aromatic ring is 1. The van der Waals surface area contributed by atoms with Crippen molar-refractivity contribution in [3.8, 4) is 0 Å². The van der Waals surface area contributed by atoms with Gasteiger partial charge in [-0.15, -0.1) is 0 Å². The van der Waals surface area contributed by atoms with Crippen LogP contribution in [0, 0.1) is 5.82 Å². The van der Waals surface area contributed by atoms with Gasteiger partial charge >= 0.3 is 0 Å². The van der Waals surface area contributed by atoms with Gasteiger partial charge in [0, 0.05) is 12.2 Å². The Kier molecular flexibility index (Phi) is 5.70. The molecular formula is C16H19BrFN3. The zero-order valence-corrected chi connectivity index (χ0v) is 13.5. The molecule has 1 unspecified atom stereocenters. The summed E-state index contributed by atoms with van der Waals surface area (Å²) in [5.74, 6) is 0.267. The fourth-order valence-electron chi connectivity index (χ4n) is 2.21. The highest BCUT2D eigenvalue weighted by atomic mass is 79.9.